The SMILES string of the molecule is O=C(N[C@H]1C[C@@H](CO)NC1=O)OCc1ccccc1. The zero-order chi connectivity index (χ0) is 13.7. The highest BCUT2D eigenvalue weighted by Gasteiger charge is 2.32. The van der Waals surface area contributed by atoms with Crippen LogP contribution < -0.4 is 10.6 Å². The maximum Gasteiger partial charge on any atom is 0.408 e. The number of carbonyl (C=O) groups excluding carboxylic acids is 2. The smallest absolute Gasteiger partial charge is 0.408 e. The molecule has 102 valence electrons. The lowest BCUT2D eigenvalue weighted by atomic mass is 10.2. The van der Waals surface area contributed by atoms with Crippen LogP contribution in [0.3, 0.4) is 0 Å². The van der Waals surface area contributed by atoms with Gasteiger partial charge in [0.05, 0.1) is 12.6 Å². The molecule has 1 saturated heterocycles. The Hall–Kier alpha value is -2.08. The first kappa shape index (κ1) is 13.4. The molecule has 2 amide bonds. The molecule has 2 atom stereocenters. The number of benzene rings is 1. The van der Waals surface area contributed by atoms with Crippen LogP contribution in [0.2, 0.25) is 0 Å². The third-order valence-corrected chi connectivity index (χ3v) is 2.91. The van der Waals surface area contributed by atoms with Crippen molar-refractivity contribution in [2.45, 2.75) is 25.1 Å². The van der Waals surface area contributed by atoms with E-state index in [0.717, 1.165) is 5.56 Å². The molecule has 1 aromatic carbocycles. The van der Waals surface area contributed by atoms with Gasteiger partial charge in [-0.15, -0.1) is 0 Å². The van der Waals surface area contributed by atoms with Gasteiger partial charge in [0.1, 0.15) is 12.6 Å². The van der Waals surface area contributed by atoms with Crippen LogP contribution in [0.15, 0.2) is 30.3 Å². The quantitative estimate of drug-likeness (QED) is 0.723. The van der Waals surface area contributed by atoms with Gasteiger partial charge in [0.25, 0.3) is 0 Å². The first-order chi connectivity index (χ1) is 9.19. The highest BCUT2D eigenvalue weighted by Crippen LogP contribution is 2.08. The van der Waals surface area contributed by atoms with Crippen molar-refractivity contribution in [1.29, 1.82) is 0 Å². The number of alkyl carbamates (subject to hydrolysis) is 1. The van der Waals surface area contributed by atoms with E-state index in [-0.39, 0.29) is 25.2 Å². The lowest BCUT2D eigenvalue weighted by Crippen LogP contribution is -2.40. The Morgan fingerprint density at radius 2 is 2.16 bits per heavy atom. The molecule has 2 rings (SSSR count). The number of aliphatic hydroxyl groups is 1. The summed E-state index contributed by atoms with van der Waals surface area (Å²) in [5, 5.41) is 14.0. The molecule has 0 aromatic heterocycles. The lowest BCUT2D eigenvalue weighted by molar-refractivity contribution is -0.121. The van der Waals surface area contributed by atoms with Crippen LogP contribution in [0, 0.1) is 0 Å². The number of rotatable bonds is 4. The molecular weight excluding hydrogens is 248 g/mol. The van der Waals surface area contributed by atoms with Crippen molar-refractivity contribution in [3.05, 3.63) is 35.9 Å². The number of hydrogen-bond donors (Lipinski definition) is 3. The van der Waals surface area contributed by atoms with Crippen LogP contribution in [0.25, 0.3) is 0 Å². The molecule has 1 aliphatic rings. The highest BCUT2D eigenvalue weighted by atomic mass is 16.5. The van der Waals surface area contributed by atoms with E-state index in [9.17, 15) is 9.59 Å². The van der Waals surface area contributed by atoms with Crippen molar-refractivity contribution in [3.63, 3.8) is 0 Å². The second-order valence-electron chi connectivity index (χ2n) is 4.38. The van der Waals surface area contributed by atoms with Crippen LogP contribution in [0.1, 0.15) is 12.0 Å². The van der Waals surface area contributed by atoms with E-state index >= 15 is 0 Å². The monoisotopic (exact) mass is 264 g/mol. The second kappa shape index (κ2) is 6.19. The summed E-state index contributed by atoms with van der Waals surface area (Å²) in [6, 6.07) is 8.34. The summed E-state index contributed by atoms with van der Waals surface area (Å²) >= 11 is 0. The zero-order valence-corrected chi connectivity index (χ0v) is 10.3. The van der Waals surface area contributed by atoms with Gasteiger partial charge in [0.2, 0.25) is 5.91 Å². The number of aliphatic hydroxyl groups excluding tert-OH is 1. The Balaban J connectivity index is 1.77. The van der Waals surface area contributed by atoms with Gasteiger partial charge in [-0.05, 0) is 12.0 Å². The predicted octanol–water partition coefficient (Wildman–Crippen LogP) is 0.162. The van der Waals surface area contributed by atoms with Crippen molar-refractivity contribution < 1.29 is 19.4 Å². The molecule has 6 nitrogen and oxygen atoms in total. The summed E-state index contributed by atoms with van der Waals surface area (Å²) < 4.78 is 5.01. The molecule has 19 heavy (non-hydrogen) atoms. The predicted molar refractivity (Wildman–Crippen MR) is 67.2 cm³/mol. The molecule has 1 aromatic rings. The minimum Gasteiger partial charge on any atom is -0.445 e. The van der Waals surface area contributed by atoms with Crippen molar-refractivity contribution in [1.82, 2.24) is 10.6 Å². The van der Waals surface area contributed by atoms with E-state index in [1.165, 1.54) is 0 Å². The first-order valence-corrected chi connectivity index (χ1v) is 6.07. The molecule has 0 spiro atoms. The standard InChI is InChI=1S/C13H16N2O4/c16-7-10-6-11(12(17)14-10)15-13(18)19-8-9-4-2-1-3-5-9/h1-5,10-11,16H,6-8H2,(H,14,17)(H,15,18)/t10-,11-/m0/s1. The van der Waals surface area contributed by atoms with E-state index in [1.807, 2.05) is 30.3 Å². The Labute approximate surface area is 110 Å². The number of nitrogens with one attached hydrogen (secondary N) is 2. The van der Waals surface area contributed by atoms with Gasteiger partial charge < -0.3 is 20.5 Å². The minimum atomic E-state index is -0.638. The van der Waals surface area contributed by atoms with Crippen molar-refractivity contribution in [3.8, 4) is 0 Å². The van der Waals surface area contributed by atoms with Crippen LogP contribution >= 0.6 is 0 Å². The van der Waals surface area contributed by atoms with E-state index in [2.05, 4.69) is 10.6 Å². The average Bonchev–Trinajstić information content (AvgIpc) is 2.78. The highest BCUT2D eigenvalue weighted by molar-refractivity contribution is 5.87. The molecule has 3 N–H and O–H groups in total. The van der Waals surface area contributed by atoms with Gasteiger partial charge in [-0.3, -0.25) is 4.79 Å². The molecule has 0 radical (unpaired) electrons. The number of carbonyl (C=O) groups is 2. The van der Waals surface area contributed by atoms with Gasteiger partial charge >= 0.3 is 6.09 Å². The maximum atomic E-state index is 11.5. The van der Waals surface area contributed by atoms with Crippen molar-refractivity contribution in [2.75, 3.05) is 6.61 Å². The van der Waals surface area contributed by atoms with E-state index < -0.39 is 12.1 Å². The molecule has 1 aliphatic heterocycles. The number of amides is 2. The van der Waals surface area contributed by atoms with Gasteiger partial charge in [0, 0.05) is 0 Å². The van der Waals surface area contributed by atoms with Crippen LogP contribution in [-0.2, 0) is 16.1 Å². The van der Waals surface area contributed by atoms with Crippen LogP contribution in [0.4, 0.5) is 4.79 Å². The fourth-order valence-corrected chi connectivity index (χ4v) is 1.90. The van der Waals surface area contributed by atoms with E-state index in [1.54, 1.807) is 0 Å². The average molecular weight is 264 g/mol. The fourth-order valence-electron chi connectivity index (χ4n) is 1.90. The fraction of sp³-hybridized carbons (Fsp3) is 0.385. The van der Waals surface area contributed by atoms with Crippen molar-refractivity contribution >= 4 is 12.0 Å². The topological polar surface area (TPSA) is 87.7 Å². The van der Waals surface area contributed by atoms with E-state index in [0.29, 0.717) is 6.42 Å². The van der Waals surface area contributed by atoms with Crippen molar-refractivity contribution in [2.24, 2.45) is 0 Å². The van der Waals surface area contributed by atoms with Gasteiger partial charge in [-0.2, -0.15) is 0 Å². The summed E-state index contributed by atoms with van der Waals surface area (Å²) in [5.41, 5.74) is 0.877. The van der Waals surface area contributed by atoms with Gasteiger partial charge in [0.15, 0.2) is 0 Å². The van der Waals surface area contributed by atoms with Gasteiger partial charge in [-0.25, -0.2) is 4.79 Å². The summed E-state index contributed by atoms with van der Waals surface area (Å²) in [7, 11) is 0. The summed E-state index contributed by atoms with van der Waals surface area (Å²) in [5.74, 6) is -0.296. The summed E-state index contributed by atoms with van der Waals surface area (Å²) in [6.45, 7) is 0.0213. The lowest BCUT2D eigenvalue weighted by Gasteiger charge is -2.10. The molecule has 1 fully saturated rings. The largest absolute Gasteiger partial charge is 0.445 e. The molecule has 1 heterocycles. The summed E-state index contributed by atoms with van der Waals surface area (Å²) in [6.07, 6.45) is -0.266. The molecule has 0 aliphatic carbocycles. The Bertz CT molecular complexity index is 449. The van der Waals surface area contributed by atoms with Crippen LogP contribution in [0.5, 0.6) is 0 Å². The molecule has 0 saturated carbocycles. The van der Waals surface area contributed by atoms with E-state index in [4.69, 9.17) is 9.84 Å². The van der Waals surface area contributed by atoms with Gasteiger partial charge in [-0.1, -0.05) is 30.3 Å². The Morgan fingerprint density at radius 1 is 1.42 bits per heavy atom. The third-order valence-electron chi connectivity index (χ3n) is 2.91. The minimum absolute atomic E-state index is 0.136. The molecule has 6 heteroatoms. The Morgan fingerprint density at radius 3 is 2.79 bits per heavy atom. The second-order valence-corrected chi connectivity index (χ2v) is 4.38. The normalized spacial score (nSPS) is 21.8. The molecular formula is C13H16N2O4. The number of ether oxygens (including phenoxy) is 1. The maximum absolute atomic E-state index is 11.5. The first-order valence-electron chi connectivity index (χ1n) is 6.07. The number of hydrogen-bond acceptors (Lipinski definition) is 4. The molecule has 0 bridgehead atoms. The Kier molecular flexibility index (Phi) is 4.35. The summed E-state index contributed by atoms with van der Waals surface area (Å²) in [4.78, 5) is 23.0. The van der Waals surface area contributed by atoms with Crippen LogP contribution in [-0.4, -0.2) is 35.8 Å². The zero-order valence-electron chi connectivity index (χ0n) is 10.3. The molecule has 0 unspecified atom stereocenters. The third kappa shape index (κ3) is 3.69.